The molecule has 0 fully saturated rings. The van der Waals surface area contributed by atoms with Gasteiger partial charge in [0.1, 0.15) is 17.8 Å². The molecule has 0 aromatic heterocycles. The van der Waals surface area contributed by atoms with Crippen molar-refractivity contribution in [3.05, 3.63) is 34.3 Å². The van der Waals surface area contributed by atoms with Gasteiger partial charge in [-0.3, -0.25) is 9.59 Å². The number of rotatable bonds is 4. The molecule has 0 aliphatic heterocycles. The van der Waals surface area contributed by atoms with E-state index in [-0.39, 0.29) is 18.6 Å². The average Bonchev–Trinajstić information content (AvgIpc) is 2.18. The number of hydrogen-bond donors (Lipinski definition) is 0. The second kappa shape index (κ2) is 6.14. The zero-order chi connectivity index (χ0) is 13.8. The maximum absolute atomic E-state index is 11.7. The molecule has 98 valence electrons. The summed E-state index contributed by atoms with van der Waals surface area (Å²) in [7, 11) is 0. The number of esters is 1. The highest BCUT2D eigenvalue weighted by atomic mass is 79.9. The normalized spacial score (nSPS) is 11.1. The highest BCUT2D eigenvalue weighted by molar-refractivity contribution is 9.10. The Bertz CT molecular complexity index is 447. The molecular formula is C14H17BrO3. The van der Waals surface area contributed by atoms with Crippen molar-refractivity contribution in [3.8, 4) is 0 Å². The van der Waals surface area contributed by atoms with Gasteiger partial charge in [-0.2, -0.15) is 0 Å². The van der Waals surface area contributed by atoms with E-state index >= 15 is 0 Å². The lowest BCUT2D eigenvalue weighted by molar-refractivity contribution is -0.156. The zero-order valence-corrected chi connectivity index (χ0v) is 12.4. The van der Waals surface area contributed by atoms with Gasteiger partial charge >= 0.3 is 5.97 Å². The molecule has 4 heteroatoms. The van der Waals surface area contributed by atoms with Crippen molar-refractivity contribution in [2.24, 2.45) is 0 Å². The number of benzene rings is 1. The molecule has 0 unspecified atom stereocenters. The van der Waals surface area contributed by atoms with Gasteiger partial charge < -0.3 is 4.74 Å². The van der Waals surface area contributed by atoms with Gasteiger partial charge in [-0.25, -0.2) is 0 Å². The van der Waals surface area contributed by atoms with Crippen LogP contribution in [0.15, 0.2) is 28.7 Å². The van der Waals surface area contributed by atoms with E-state index in [1.807, 2.05) is 24.3 Å². The van der Waals surface area contributed by atoms with E-state index in [9.17, 15) is 9.59 Å². The van der Waals surface area contributed by atoms with Crippen LogP contribution in [0.25, 0.3) is 0 Å². The number of hydrogen-bond acceptors (Lipinski definition) is 3. The van der Waals surface area contributed by atoms with E-state index in [2.05, 4.69) is 15.9 Å². The minimum Gasteiger partial charge on any atom is -0.460 e. The van der Waals surface area contributed by atoms with Crippen molar-refractivity contribution in [1.82, 2.24) is 0 Å². The van der Waals surface area contributed by atoms with Gasteiger partial charge in [0.05, 0.1) is 0 Å². The van der Waals surface area contributed by atoms with E-state index in [0.717, 1.165) is 10.0 Å². The van der Waals surface area contributed by atoms with Crippen LogP contribution in [0.5, 0.6) is 0 Å². The summed E-state index contributed by atoms with van der Waals surface area (Å²) in [6.45, 7) is 5.34. The summed E-state index contributed by atoms with van der Waals surface area (Å²) >= 11 is 3.37. The van der Waals surface area contributed by atoms with Crippen molar-refractivity contribution in [2.75, 3.05) is 0 Å². The lowest BCUT2D eigenvalue weighted by Crippen LogP contribution is -2.25. The van der Waals surface area contributed by atoms with Gasteiger partial charge in [-0.15, -0.1) is 0 Å². The fraction of sp³-hybridized carbons (Fsp3) is 0.429. The Morgan fingerprint density at radius 2 is 1.83 bits per heavy atom. The standard InChI is InChI=1S/C14H17BrO3/c1-14(2,3)18-13(17)9-11(16)8-10-6-4-5-7-12(10)15/h4-7H,8-9H2,1-3H3. The molecule has 0 saturated carbocycles. The highest BCUT2D eigenvalue weighted by Gasteiger charge is 2.19. The Morgan fingerprint density at radius 1 is 1.22 bits per heavy atom. The van der Waals surface area contributed by atoms with Crippen LogP contribution in [0.2, 0.25) is 0 Å². The zero-order valence-electron chi connectivity index (χ0n) is 10.8. The molecule has 1 aromatic rings. The van der Waals surface area contributed by atoms with Crippen molar-refractivity contribution < 1.29 is 14.3 Å². The molecule has 1 rings (SSSR count). The second-order valence-electron chi connectivity index (χ2n) is 5.07. The van der Waals surface area contributed by atoms with Crippen LogP contribution in [-0.4, -0.2) is 17.4 Å². The summed E-state index contributed by atoms with van der Waals surface area (Å²) in [4.78, 5) is 23.2. The van der Waals surface area contributed by atoms with Gasteiger partial charge in [-0.1, -0.05) is 34.1 Å². The topological polar surface area (TPSA) is 43.4 Å². The van der Waals surface area contributed by atoms with Crippen LogP contribution in [0, 0.1) is 0 Å². The minimum absolute atomic E-state index is 0.142. The predicted octanol–water partition coefficient (Wildman–Crippen LogP) is 3.29. The van der Waals surface area contributed by atoms with Crippen LogP contribution in [0.1, 0.15) is 32.8 Å². The number of ether oxygens (including phenoxy) is 1. The number of carbonyl (C=O) groups is 2. The summed E-state index contributed by atoms with van der Waals surface area (Å²) < 4.78 is 5.98. The fourth-order valence-electron chi connectivity index (χ4n) is 1.46. The monoisotopic (exact) mass is 312 g/mol. The molecular weight excluding hydrogens is 296 g/mol. The molecule has 3 nitrogen and oxygen atoms in total. The molecule has 0 amide bonds. The van der Waals surface area contributed by atoms with Crippen molar-refractivity contribution in [1.29, 1.82) is 0 Å². The van der Waals surface area contributed by atoms with Gasteiger partial charge in [0, 0.05) is 10.9 Å². The van der Waals surface area contributed by atoms with Gasteiger partial charge in [-0.05, 0) is 32.4 Å². The molecule has 0 spiro atoms. The number of carbonyl (C=O) groups excluding carboxylic acids is 2. The molecule has 0 radical (unpaired) electrons. The first-order chi connectivity index (χ1) is 8.28. The summed E-state index contributed by atoms with van der Waals surface area (Å²) in [6, 6.07) is 7.47. The van der Waals surface area contributed by atoms with Crippen LogP contribution in [0.4, 0.5) is 0 Å². The van der Waals surface area contributed by atoms with E-state index in [4.69, 9.17) is 4.74 Å². The lowest BCUT2D eigenvalue weighted by Gasteiger charge is -2.19. The molecule has 0 heterocycles. The summed E-state index contributed by atoms with van der Waals surface area (Å²) in [5.74, 6) is -0.615. The van der Waals surface area contributed by atoms with E-state index in [1.54, 1.807) is 20.8 Å². The summed E-state index contributed by atoms with van der Waals surface area (Å²) in [5.41, 5.74) is 0.330. The molecule has 0 atom stereocenters. The quantitative estimate of drug-likeness (QED) is 0.633. The second-order valence-corrected chi connectivity index (χ2v) is 5.92. The third kappa shape index (κ3) is 5.45. The Morgan fingerprint density at radius 3 is 2.39 bits per heavy atom. The van der Waals surface area contributed by atoms with Gasteiger partial charge in [0.25, 0.3) is 0 Å². The number of halogens is 1. The molecule has 0 N–H and O–H groups in total. The molecule has 1 aromatic carbocycles. The average molecular weight is 313 g/mol. The Balaban J connectivity index is 2.53. The number of Topliss-reactive ketones (excluding diaryl/α,β-unsaturated/α-hetero) is 1. The van der Waals surface area contributed by atoms with Crippen LogP contribution in [-0.2, 0) is 20.7 Å². The third-order valence-corrected chi connectivity index (χ3v) is 2.88. The first-order valence-corrected chi connectivity index (χ1v) is 6.54. The molecule has 0 bridgehead atoms. The van der Waals surface area contributed by atoms with Crippen LogP contribution >= 0.6 is 15.9 Å². The van der Waals surface area contributed by atoms with Crippen LogP contribution < -0.4 is 0 Å². The van der Waals surface area contributed by atoms with Gasteiger partial charge in [0.2, 0.25) is 0 Å². The van der Waals surface area contributed by atoms with E-state index < -0.39 is 11.6 Å². The highest BCUT2D eigenvalue weighted by Crippen LogP contribution is 2.17. The van der Waals surface area contributed by atoms with Crippen molar-refractivity contribution in [3.63, 3.8) is 0 Å². The summed E-state index contributed by atoms with van der Waals surface area (Å²) in [6.07, 6.45) is 0.0548. The minimum atomic E-state index is -0.551. The van der Waals surface area contributed by atoms with E-state index in [1.165, 1.54) is 0 Å². The largest absolute Gasteiger partial charge is 0.460 e. The summed E-state index contributed by atoms with van der Waals surface area (Å²) in [5, 5.41) is 0. The third-order valence-electron chi connectivity index (χ3n) is 2.11. The first kappa shape index (κ1) is 14.9. The molecule has 0 saturated heterocycles. The molecule has 18 heavy (non-hydrogen) atoms. The smallest absolute Gasteiger partial charge is 0.313 e. The Labute approximate surface area is 116 Å². The lowest BCUT2D eigenvalue weighted by atomic mass is 10.1. The maximum atomic E-state index is 11.7. The predicted molar refractivity (Wildman–Crippen MR) is 73.3 cm³/mol. The fourth-order valence-corrected chi connectivity index (χ4v) is 1.88. The Hall–Kier alpha value is -1.16. The van der Waals surface area contributed by atoms with Crippen LogP contribution in [0.3, 0.4) is 0 Å². The van der Waals surface area contributed by atoms with E-state index in [0.29, 0.717) is 0 Å². The SMILES string of the molecule is CC(C)(C)OC(=O)CC(=O)Cc1ccccc1Br. The van der Waals surface area contributed by atoms with Crippen molar-refractivity contribution >= 4 is 27.7 Å². The molecule has 0 aliphatic rings. The first-order valence-electron chi connectivity index (χ1n) is 5.75. The van der Waals surface area contributed by atoms with Gasteiger partial charge in [0.15, 0.2) is 0 Å². The maximum Gasteiger partial charge on any atom is 0.313 e. The van der Waals surface area contributed by atoms with Crippen molar-refractivity contribution in [2.45, 2.75) is 39.2 Å². The molecule has 0 aliphatic carbocycles. The number of ketones is 1. The Kier molecular flexibility index (Phi) is 5.08.